The molecule has 0 saturated heterocycles. The number of carbonyl (C=O) groups excluding carboxylic acids is 4. The average Bonchev–Trinajstić information content (AvgIpc) is 2.76. The van der Waals surface area contributed by atoms with Crippen molar-refractivity contribution in [1.29, 1.82) is 0 Å². The third-order valence-corrected chi connectivity index (χ3v) is 6.00. The van der Waals surface area contributed by atoms with Crippen molar-refractivity contribution in [2.45, 2.75) is 72.1 Å². The fraction of sp³-hybridized carbons (Fsp3) is 0.429. The molecule has 0 spiro atoms. The number of ether oxygens (including phenoxy) is 1. The quantitative estimate of drug-likeness (QED) is 0.426. The number of aryl methyl sites for hydroxylation is 3. The van der Waals surface area contributed by atoms with Crippen LogP contribution in [0.15, 0.2) is 36.4 Å². The van der Waals surface area contributed by atoms with E-state index in [1.807, 2.05) is 45.0 Å². The largest absolute Gasteiger partial charge is 0.444 e. The maximum Gasteiger partial charge on any atom is 0.408 e. The fourth-order valence-electron chi connectivity index (χ4n) is 4.07. The Morgan fingerprint density at radius 3 is 2.18 bits per heavy atom. The van der Waals surface area contributed by atoms with E-state index >= 15 is 0 Å². The van der Waals surface area contributed by atoms with E-state index in [0.717, 1.165) is 16.7 Å². The monoisotopic (exact) mass is 544 g/mol. The van der Waals surface area contributed by atoms with Crippen LogP contribution in [0, 0.1) is 20.8 Å². The minimum absolute atomic E-state index is 0.0669. The van der Waals surface area contributed by atoms with E-state index in [0.29, 0.717) is 16.3 Å². The highest BCUT2D eigenvalue weighted by molar-refractivity contribution is 6.34. The van der Waals surface area contributed by atoms with Gasteiger partial charge in [-0.1, -0.05) is 53.1 Å². The number of hydrogen-bond donors (Lipinski definition) is 3. The number of nitrogens with zero attached hydrogens (tertiary/aromatic N) is 1. The summed E-state index contributed by atoms with van der Waals surface area (Å²) in [7, 11) is 1.47. The Morgan fingerprint density at radius 2 is 1.66 bits per heavy atom. The molecule has 0 aliphatic heterocycles. The van der Waals surface area contributed by atoms with Gasteiger partial charge in [0.1, 0.15) is 17.7 Å². The van der Waals surface area contributed by atoms with E-state index in [2.05, 4.69) is 10.6 Å². The Kier molecular flexibility index (Phi) is 10.3. The van der Waals surface area contributed by atoms with E-state index in [4.69, 9.17) is 22.1 Å². The summed E-state index contributed by atoms with van der Waals surface area (Å²) < 4.78 is 5.30. The lowest BCUT2D eigenvalue weighted by molar-refractivity contribution is -0.139. The number of amides is 4. The lowest BCUT2D eigenvalue weighted by atomic mass is 9.98. The molecule has 0 saturated carbocycles. The second kappa shape index (κ2) is 12.8. The van der Waals surface area contributed by atoms with Crippen LogP contribution in [0.1, 0.15) is 61.9 Å². The number of anilines is 1. The van der Waals surface area contributed by atoms with Gasteiger partial charge < -0.3 is 26.0 Å². The third kappa shape index (κ3) is 8.76. The van der Waals surface area contributed by atoms with Crippen molar-refractivity contribution in [2.24, 2.45) is 5.73 Å². The minimum atomic E-state index is -1.16. The lowest BCUT2D eigenvalue weighted by Crippen LogP contribution is -2.51. The molecule has 2 atom stereocenters. The van der Waals surface area contributed by atoms with Gasteiger partial charge in [0.2, 0.25) is 11.8 Å². The molecule has 0 aromatic heterocycles. The highest BCUT2D eigenvalue weighted by atomic mass is 35.5. The van der Waals surface area contributed by atoms with Crippen molar-refractivity contribution in [2.75, 3.05) is 12.4 Å². The summed E-state index contributed by atoms with van der Waals surface area (Å²) >= 11 is 6.35. The van der Waals surface area contributed by atoms with Crippen LogP contribution in [0.3, 0.4) is 0 Å². The van der Waals surface area contributed by atoms with E-state index < -0.39 is 41.5 Å². The summed E-state index contributed by atoms with van der Waals surface area (Å²) in [5.41, 5.74) is 8.09. The molecule has 10 heteroatoms. The second-order valence-corrected chi connectivity index (χ2v) is 10.8. The van der Waals surface area contributed by atoms with Gasteiger partial charge in [-0.2, -0.15) is 0 Å². The summed E-state index contributed by atoms with van der Waals surface area (Å²) in [4.78, 5) is 52.7. The van der Waals surface area contributed by atoms with Crippen molar-refractivity contribution in [3.05, 3.63) is 63.7 Å². The SMILES string of the molecule is Cc1cc(C)cc(C(C(=O)Nc2c(C)cccc2Cl)N(C)C(=O)C(CCC(N)=O)NC(=O)OC(C)(C)C)c1. The van der Waals surface area contributed by atoms with Crippen LogP contribution >= 0.6 is 11.6 Å². The molecule has 2 rings (SSSR count). The Hall–Kier alpha value is -3.59. The smallest absolute Gasteiger partial charge is 0.408 e. The second-order valence-electron chi connectivity index (χ2n) is 10.4. The van der Waals surface area contributed by atoms with Crippen LogP contribution in [0.4, 0.5) is 10.5 Å². The van der Waals surface area contributed by atoms with Crippen LogP contribution in [0.2, 0.25) is 5.02 Å². The number of alkyl carbamates (subject to hydrolysis) is 1. The number of benzene rings is 2. The standard InChI is InChI=1S/C28H37ClN4O5/c1-16-13-17(2)15-19(14-16)24(25(35)32-23-18(3)9-8-10-20(23)29)33(7)26(36)21(11-12-22(30)34)31-27(37)38-28(4,5)6/h8-10,13-15,21,24H,11-12H2,1-7H3,(H2,30,34)(H,31,37)(H,32,35). The van der Waals surface area contributed by atoms with E-state index in [9.17, 15) is 19.2 Å². The zero-order valence-electron chi connectivity index (χ0n) is 23.0. The van der Waals surface area contributed by atoms with Crippen LogP contribution in [0.5, 0.6) is 0 Å². The Bertz CT molecular complexity index is 1170. The number of nitrogens with two attached hydrogens (primary N) is 1. The first-order valence-corrected chi connectivity index (χ1v) is 12.7. The van der Waals surface area contributed by atoms with Gasteiger partial charge in [0.15, 0.2) is 0 Å². The molecule has 206 valence electrons. The number of hydrogen-bond acceptors (Lipinski definition) is 5. The van der Waals surface area contributed by atoms with Crippen LogP contribution in [-0.4, -0.2) is 47.4 Å². The lowest BCUT2D eigenvalue weighted by Gasteiger charge is -2.32. The first-order valence-electron chi connectivity index (χ1n) is 12.3. The summed E-state index contributed by atoms with van der Waals surface area (Å²) in [5.74, 6) is -1.71. The molecule has 0 heterocycles. The van der Waals surface area contributed by atoms with Crippen molar-refractivity contribution in [3.8, 4) is 0 Å². The number of carbonyl (C=O) groups is 4. The molecule has 0 fully saturated rings. The predicted molar refractivity (Wildman–Crippen MR) is 148 cm³/mol. The van der Waals surface area contributed by atoms with Crippen LogP contribution in [-0.2, 0) is 19.1 Å². The molecule has 4 N–H and O–H groups in total. The van der Waals surface area contributed by atoms with Gasteiger partial charge in [-0.25, -0.2) is 4.79 Å². The van der Waals surface area contributed by atoms with Gasteiger partial charge in [-0.15, -0.1) is 0 Å². The van der Waals surface area contributed by atoms with Crippen LogP contribution in [0.25, 0.3) is 0 Å². The van der Waals surface area contributed by atoms with E-state index in [1.54, 1.807) is 32.9 Å². The summed E-state index contributed by atoms with van der Waals surface area (Å²) in [5, 5.41) is 5.75. The summed E-state index contributed by atoms with van der Waals surface area (Å²) in [6, 6.07) is 8.61. The Labute approximate surface area is 229 Å². The minimum Gasteiger partial charge on any atom is -0.444 e. The highest BCUT2D eigenvalue weighted by Crippen LogP contribution is 2.29. The number of rotatable bonds is 9. The molecule has 2 aromatic rings. The van der Waals surface area contributed by atoms with Crippen molar-refractivity contribution in [1.82, 2.24) is 10.2 Å². The molecule has 38 heavy (non-hydrogen) atoms. The maximum absolute atomic E-state index is 13.7. The van der Waals surface area contributed by atoms with E-state index in [1.165, 1.54) is 11.9 Å². The zero-order chi connectivity index (χ0) is 28.8. The number of para-hydroxylation sites is 1. The summed E-state index contributed by atoms with van der Waals surface area (Å²) in [6.07, 6.45) is -1.05. The molecule has 9 nitrogen and oxygen atoms in total. The number of halogens is 1. The maximum atomic E-state index is 13.7. The normalized spacial score (nSPS) is 12.7. The van der Waals surface area contributed by atoms with Crippen molar-refractivity contribution in [3.63, 3.8) is 0 Å². The topological polar surface area (TPSA) is 131 Å². The predicted octanol–water partition coefficient (Wildman–Crippen LogP) is 4.56. The Balaban J connectivity index is 2.48. The first kappa shape index (κ1) is 30.6. The molecule has 0 aliphatic carbocycles. The van der Waals surface area contributed by atoms with Gasteiger partial charge in [0.05, 0.1) is 10.7 Å². The van der Waals surface area contributed by atoms with Crippen LogP contribution < -0.4 is 16.4 Å². The highest BCUT2D eigenvalue weighted by Gasteiger charge is 2.35. The molecule has 0 bridgehead atoms. The van der Waals surface area contributed by atoms with Gasteiger partial charge in [-0.3, -0.25) is 14.4 Å². The summed E-state index contributed by atoms with van der Waals surface area (Å²) in [6.45, 7) is 10.7. The van der Waals surface area contributed by atoms with Gasteiger partial charge in [0.25, 0.3) is 5.91 Å². The van der Waals surface area contributed by atoms with Gasteiger partial charge in [-0.05, 0) is 65.2 Å². The average molecular weight is 545 g/mol. The molecular weight excluding hydrogens is 508 g/mol. The fourth-order valence-corrected chi connectivity index (χ4v) is 4.34. The third-order valence-electron chi connectivity index (χ3n) is 5.68. The van der Waals surface area contributed by atoms with Crippen molar-refractivity contribution >= 4 is 41.1 Å². The molecule has 2 aromatic carbocycles. The number of nitrogens with one attached hydrogen (secondary N) is 2. The van der Waals surface area contributed by atoms with Crippen molar-refractivity contribution < 1.29 is 23.9 Å². The molecule has 0 aliphatic rings. The number of likely N-dealkylation sites (N-methyl/N-ethyl adjacent to an activating group) is 1. The number of primary amides is 1. The Morgan fingerprint density at radius 1 is 1.05 bits per heavy atom. The van der Waals surface area contributed by atoms with Gasteiger partial charge >= 0.3 is 6.09 Å². The van der Waals surface area contributed by atoms with E-state index in [-0.39, 0.29) is 12.8 Å². The molecular formula is C28H37ClN4O5. The molecule has 4 amide bonds. The molecule has 2 unspecified atom stereocenters. The zero-order valence-corrected chi connectivity index (χ0v) is 23.7. The molecule has 0 radical (unpaired) electrons. The first-order chi connectivity index (χ1) is 17.6. The van der Waals surface area contributed by atoms with Gasteiger partial charge in [0, 0.05) is 13.5 Å².